The van der Waals surface area contributed by atoms with E-state index in [9.17, 15) is 14.4 Å². The highest BCUT2D eigenvalue weighted by atomic mass is 16.6. The Morgan fingerprint density at radius 2 is 0.444 bits per heavy atom. The third-order valence-electron chi connectivity index (χ3n) is 13.2. The number of hydrogen-bond donors (Lipinski definition) is 0. The maximum atomic E-state index is 12.9. The lowest BCUT2D eigenvalue weighted by Crippen LogP contribution is -2.30. The number of carbonyl (C=O) groups is 3. The summed E-state index contributed by atoms with van der Waals surface area (Å²) >= 11 is 0. The molecule has 1 atom stereocenters. The molecule has 0 aliphatic rings. The largest absolute Gasteiger partial charge is 0.462 e. The Bertz CT molecular complexity index is 1860. The third kappa shape index (κ3) is 65.5. The van der Waals surface area contributed by atoms with E-state index in [1.54, 1.807) is 0 Å². The van der Waals surface area contributed by atoms with E-state index in [1.165, 1.54) is 57.8 Å². The second-order valence-electron chi connectivity index (χ2n) is 20.9. The van der Waals surface area contributed by atoms with Gasteiger partial charge in [0, 0.05) is 19.3 Å². The van der Waals surface area contributed by atoms with Crippen molar-refractivity contribution in [3.8, 4) is 0 Å². The Morgan fingerprint density at radius 3 is 0.704 bits per heavy atom. The standard InChI is InChI=1S/C75H118O6/c1-4-7-10-13-16-19-22-25-28-31-33-34-35-36-37-38-39-40-42-44-47-50-53-56-59-62-65-68-74(77)80-71-72(70-79-73(76)67-64-61-58-55-52-49-46-43-30-27-24-21-18-15-12-9-6-3)81-75(78)69-66-63-60-57-54-51-48-45-41-32-29-26-23-20-17-14-11-8-5-2/h7-12,16-21,25-30,33-34,36-37,41,45-46,49,51,54,72H,4-6,13-15,22-24,31-32,35,38-40,42-44,47-48,50,52-53,55-71H2,1-3H3/b10-7-,11-8-,12-9-,19-16-,20-17-,21-18-,28-25-,29-26-,30-27-,34-33-,37-36-,45-41-,49-46-,54-51-. The molecule has 0 N–H and O–H groups in total. The van der Waals surface area contributed by atoms with Crippen molar-refractivity contribution in [2.75, 3.05) is 13.2 Å². The maximum Gasteiger partial charge on any atom is 0.306 e. The summed E-state index contributed by atoms with van der Waals surface area (Å²) in [5.41, 5.74) is 0. The average molecular weight is 1120 g/mol. The highest BCUT2D eigenvalue weighted by molar-refractivity contribution is 5.71. The lowest BCUT2D eigenvalue weighted by molar-refractivity contribution is -0.167. The molecule has 0 bridgehead atoms. The number of hydrogen-bond acceptors (Lipinski definition) is 6. The highest BCUT2D eigenvalue weighted by Gasteiger charge is 2.19. The second-order valence-corrected chi connectivity index (χ2v) is 20.9. The Hall–Kier alpha value is -5.23. The second kappa shape index (κ2) is 67.3. The first-order valence-corrected chi connectivity index (χ1v) is 32.6. The first kappa shape index (κ1) is 75.8. The molecule has 6 nitrogen and oxygen atoms in total. The Labute approximate surface area is 498 Å². The van der Waals surface area contributed by atoms with Crippen molar-refractivity contribution in [2.45, 2.75) is 271 Å². The van der Waals surface area contributed by atoms with E-state index in [-0.39, 0.29) is 37.5 Å². The Kier molecular flexibility index (Phi) is 62.9. The van der Waals surface area contributed by atoms with Gasteiger partial charge in [-0.25, -0.2) is 0 Å². The molecule has 0 amide bonds. The first-order valence-electron chi connectivity index (χ1n) is 32.6. The molecule has 0 aromatic carbocycles. The number of unbranched alkanes of at least 4 members (excludes halogenated alkanes) is 18. The van der Waals surface area contributed by atoms with Crippen molar-refractivity contribution < 1.29 is 28.6 Å². The molecular formula is C75H118O6. The molecular weight excluding hydrogens is 997 g/mol. The molecule has 0 saturated heterocycles. The van der Waals surface area contributed by atoms with Crippen molar-refractivity contribution in [1.29, 1.82) is 0 Å². The Balaban J connectivity index is 4.46. The molecule has 0 radical (unpaired) electrons. The van der Waals surface area contributed by atoms with Gasteiger partial charge in [0.15, 0.2) is 6.10 Å². The van der Waals surface area contributed by atoms with Crippen molar-refractivity contribution in [3.05, 3.63) is 170 Å². The zero-order valence-corrected chi connectivity index (χ0v) is 52.0. The molecule has 1 unspecified atom stereocenters. The van der Waals surface area contributed by atoms with Crippen molar-refractivity contribution in [2.24, 2.45) is 0 Å². The number of esters is 3. The number of allylic oxidation sites excluding steroid dienone is 28. The van der Waals surface area contributed by atoms with Crippen LogP contribution >= 0.6 is 0 Å². The zero-order valence-electron chi connectivity index (χ0n) is 52.0. The molecule has 0 aromatic heterocycles. The van der Waals surface area contributed by atoms with Crippen LogP contribution in [0.3, 0.4) is 0 Å². The van der Waals surface area contributed by atoms with Gasteiger partial charge in [-0.1, -0.05) is 268 Å². The number of ether oxygens (including phenoxy) is 3. The molecule has 81 heavy (non-hydrogen) atoms. The van der Waals surface area contributed by atoms with Gasteiger partial charge in [-0.2, -0.15) is 0 Å². The van der Waals surface area contributed by atoms with Crippen LogP contribution in [0.2, 0.25) is 0 Å². The normalized spacial score (nSPS) is 13.3. The fraction of sp³-hybridized carbons (Fsp3) is 0.587. The summed E-state index contributed by atoms with van der Waals surface area (Å²) in [6.45, 7) is 6.25. The molecule has 454 valence electrons. The topological polar surface area (TPSA) is 78.9 Å². The summed E-state index contributed by atoms with van der Waals surface area (Å²) < 4.78 is 16.9. The van der Waals surface area contributed by atoms with Gasteiger partial charge >= 0.3 is 17.9 Å². The van der Waals surface area contributed by atoms with Crippen LogP contribution in [-0.2, 0) is 28.6 Å². The quantitative estimate of drug-likeness (QED) is 0.0261. The van der Waals surface area contributed by atoms with Crippen LogP contribution in [0.15, 0.2) is 170 Å². The average Bonchev–Trinajstić information content (AvgIpc) is 3.47. The third-order valence-corrected chi connectivity index (χ3v) is 13.2. The monoisotopic (exact) mass is 1110 g/mol. The van der Waals surface area contributed by atoms with Gasteiger partial charge in [0.05, 0.1) is 0 Å². The molecule has 0 aliphatic heterocycles. The van der Waals surface area contributed by atoms with E-state index in [2.05, 4.69) is 191 Å². The first-order chi connectivity index (χ1) is 40.0. The predicted octanol–water partition coefficient (Wildman–Crippen LogP) is 22.7. The lowest BCUT2D eigenvalue weighted by Gasteiger charge is -2.18. The van der Waals surface area contributed by atoms with Gasteiger partial charge in [0.1, 0.15) is 13.2 Å². The van der Waals surface area contributed by atoms with Crippen LogP contribution in [0, 0.1) is 0 Å². The predicted molar refractivity (Wildman–Crippen MR) is 352 cm³/mol. The van der Waals surface area contributed by atoms with Crippen molar-refractivity contribution >= 4 is 17.9 Å². The van der Waals surface area contributed by atoms with Crippen molar-refractivity contribution in [3.63, 3.8) is 0 Å². The smallest absolute Gasteiger partial charge is 0.306 e. The van der Waals surface area contributed by atoms with Gasteiger partial charge in [-0.15, -0.1) is 0 Å². The van der Waals surface area contributed by atoms with Crippen LogP contribution in [0.1, 0.15) is 265 Å². The molecule has 0 rings (SSSR count). The molecule has 0 saturated carbocycles. The fourth-order valence-corrected chi connectivity index (χ4v) is 8.43. The summed E-state index contributed by atoms with van der Waals surface area (Å²) in [5.74, 6) is -0.971. The van der Waals surface area contributed by atoms with Gasteiger partial charge in [-0.05, 0) is 148 Å². The molecule has 6 heteroatoms. The summed E-state index contributed by atoms with van der Waals surface area (Å²) in [6, 6.07) is 0. The van der Waals surface area contributed by atoms with Gasteiger partial charge in [0.25, 0.3) is 0 Å². The molecule has 0 fully saturated rings. The summed E-state index contributed by atoms with van der Waals surface area (Å²) in [7, 11) is 0. The number of carbonyl (C=O) groups excluding carboxylic acids is 3. The highest BCUT2D eigenvalue weighted by Crippen LogP contribution is 2.15. The van der Waals surface area contributed by atoms with Gasteiger partial charge < -0.3 is 14.2 Å². The van der Waals surface area contributed by atoms with E-state index in [0.29, 0.717) is 19.3 Å². The molecule has 0 spiro atoms. The molecule has 0 heterocycles. The van der Waals surface area contributed by atoms with E-state index in [0.717, 1.165) is 161 Å². The van der Waals surface area contributed by atoms with E-state index in [1.807, 2.05) is 0 Å². The summed E-state index contributed by atoms with van der Waals surface area (Å²) in [4.78, 5) is 38.4. The van der Waals surface area contributed by atoms with Crippen molar-refractivity contribution in [1.82, 2.24) is 0 Å². The van der Waals surface area contributed by atoms with Crippen LogP contribution < -0.4 is 0 Å². The van der Waals surface area contributed by atoms with Gasteiger partial charge in [-0.3, -0.25) is 14.4 Å². The maximum absolute atomic E-state index is 12.9. The van der Waals surface area contributed by atoms with Crippen LogP contribution in [-0.4, -0.2) is 37.2 Å². The minimum absolute atomic E-state index is 0.109. The van der Waals surface area contributed by atoms with Crippen LogP contribution in [0.4, 0.5) is 0 Å². The van der Waals surface area contributed by atoms with Gasteiger partial charge in [0.2, 0.25) is 0 Å². The number of rotatable bonds is 57. The lowest BCUT2D eigenvalue weighted by atomic mass is 10.0. The molecule has 0 aliphatic carbocycles. The minimum Gasteiger partial charge on any atom is -0.462 e. The van der Waals surface area contributed by atoms with E-state index >= 15 is 0 Å². The van der Waals surface area contributed by atoms with E-state index in [4.69, 9.17) is 14.2 Å². The summed E-state index contributed by atoms with van der Waals surface area (Å²) in [6.07, 6.45) is 99.3. The van der Waals surface area contributed by atoms with Crippen LogP contribution in [0.5, 0.6) is 0 Å². The minimum atomic E-state index is -0.818. The fourth-order valence-electron chi connectivity index (χ4n) is 8.43. The summed E-state index contributed by atoms with van der Waals surface area (Å²) in [5, 5.41) is 0. The Morgan fingerprint density at radius 1 is 0.247 bits per heavy atom. The van der Waals surface area contributed by atoms with E-state index < -0.39 is 6.10 Å². The SMILES string of the molecule is CC/C=C\C/C=C\C/C=C\C/C=C\C/C=C\CCCCCCCCCCCCCC(=O)OCC(COC(=O)CCCCCC/C=C\C/C=C\C/C=C\C/C=C\CC)OC(=O)CCCCC/C=C\C/C=C\C/C=C\C/C=C\C/C=C\CC. The molecule has 0 aromatic rings. The van der Waals surface area contributed by atoms with Crippen LogP contribution in [0.25, 0.3) is 0 Å². The zero-order chi connectivity index (χ0) is 58.5.